The molecule has 6 heteroatoms. The van der Waals surface area contributed by atoms with Crippen molar-refractivity contribution in [3.8, 4) is 0 Å². The number of hydrogen-bond acceptors (Lipinski definition) is 3. The number of carboxylic acid groups (broad SMARTS) is 1. The van der Waals surface area contributed by atoms with Crippen LogP contribution in [-0.2, 0) is 9.53 Å². The van der Waals surface area contributed by atoms with Crippen LogP contribution < -0.4 is 5.32 Å². The highest BCUT2D eigenvalue weighted by Crippen LogP contribution is 2.23. The number of urea groups is 1. The molecule has 102 valence electrons. The van der Waals surface area contributed by atoms with Gasteiger partial charge in [0.05, 0.1) is 12.0 Å². The fourth-order valence-corrected chi connectivity index (χ4v) is 2.51. The predicted octanol–water partition coefficient (Wildman–Crippen LogP) is 0.670. The van der Waals surface area contributed by atoms with Crippen molar-refractivity contribution in [2.24, 2.45) is 5.92 Å². The lowest BCUT2D eigenvalue weighted by atomic mass is 9.89. The van der Waals surface area contributed by atoms with E-state index in [2.05, 4.69) is 5.32 Å². The molecule has 0 aromatic heterocycles. The monoisotopic (exact) mass is 256 g/mol. The van der Waals surface area contributed by atoms with Gasteiger partial charge in [0.1, 0.15) is 0 Å². The van der Waals surface area contributed by atoms with Crippen LogP contribution in [0.3, 0.4) is 0 Å². The second kappa shape index (κ2) is 5.56. The van der Waals surface area contributed by atoms with E-state index in [0.29, 0.717) is 19.5 Å². The maximum absolute atomic E-state index is 11.9. The Bertz CT molecular complexity index is 328. The third kappa shape index (κ3) is 2.93. The number of amides is 2. The van der Waals surface area contributed by atoms with E-state index in [1.165, 1.54) is 0 Å². The van der Waals surface area contributed by atoms with Crippen molar-refractivity contribution in [1.82, 2.24) is 10.2 Å². The van der Waals surface area contributed by atoms with Gasteiger partial charge in [-0.3, -0.25) is 4.79 Å². The number of carbonyl (C=O) groups excluding carboxylic acids is 1. The Labute approximate surface area is 106 Å². The molecule has 2 fully saturated rings. The first-order chi connectivity index (χ1) is 8.60. The first-order valence-corrected chi connectivity index (χ1v) is 6.41. The summed E-state index contributed by atoms with van der Waals surface area (Å²) in [6.07, 6.45) is 3.37. The van der Waals surface area contributed by atoms with Gasteiger partial charge >= 0.3 is 12.0 Å². The van der Waals surface area contributed by atoms with Crippen LogP contribution in [0.15, 0.2) is 0 Å². The van der Waals surface area contributed by atoms with Crippen LogP contribution in [0.1, 0.15) is 25.7 Å². The number of ether oxygens (including phenoxy) is 1. The van der Waals surface area contributed by atoms with Gasteiger partial charge in [0.25, 0.3) is 0 Å². The SMILES string of the molecule is COC1CC(NC(=O)N2CCC[C@H](C(=O)O)C2)C1. The van der Waals surface area contributed by atoms with Crippen LogP contribution in [0.4, 0.5) is 4.79 Å². The van der Waals surface area contributed by atoms with Crippen LogP contribution in [0.25, 0.3) is 0 Å². The third-order valence-corrected chi connectivity index (χ3v) is 3.81. The predicted molar refractivity (Wildman–Crippen MR) is 64.3 cm³/mol. The Morgan fingerprint density at radius 1 is 1.39 bits per heavy atom. The summed E-state index contributed by atoms with van der Waals surface area (Å²) in [7, 11) is 1.67. The fourth-order valence-electron chi connectivity index (χ4n) is 2.51. The van der Waals surface area contributed by atoms with E-state index in [4.69, 9.17) is 9.84 Å². The minimum absolute atomic E-state index is 0.138. The van der Waals surface area contributed by atoms with Gasteiger partial charge in [0.15, 0.2) is 0 Å². The number of carboxylic acids is 1. The number of aliphatic carboxylic acids is 1. The lowest BCUT2D eigenvalue weighted by molar-refractivity contribution is -0.143. The topological polar surface area (TPSA) is 78.9 Å². The Morgan fingerprint density at radius 3 is 2.72 bits per heavy atom. The molecule has 1 aliphatic heterocycles. The zero-order chi connectivity index (χ0) is 13.1. The molecule has 2 amide bonds. The molecule has 0 bridgehead atoms. The molecule has 0 aromatic carbocycles. The number of methoxy groups -OCH3 is 1. The van der Waals surface area contributed by atoms with Crippen LogP contribution in [0, 0.1) is 5.92 Å². The molecule has 2 N–H and O–H groups in total. The van der Waals surface area contributed by atoms with E-state index >= 15 is 0 Å². The van der Waals surface area contributed by atoms with Crippen molar-refractivity contribution in [3.63, 3.8) is 0 Å². The summed E-state index contributed by atoms with van der Waals surface area (Å²) in [5.74, 6) is -1.23. The van der Waals surface area contributed by atoms with Gasteiger partial charge in [-0.1, -0.05) is 0 Å². The highest BCUT2D eigenvalue weighted by Gasteiger charge is 2.33. The minimum Gasteiger partial charge on any atom is -0.481 e. The molecule has 6 nitrogen and oxygen atoms in total. The smallest absolute Gasteiger partial charge is 0.317 e. The molecular formula is C12H20N2O4. The van der Waals surface area contributed by atoms with Gasteiger partial charge in [-0.25, -0.2) is 4.79 Å². The lowest BCUT2D eigenvalue weighted by Gasteiger charge is -2.37. The van der Waals surface area contributed by atoms with Crippen molar-refractivity contribution in [2.45, 2.75) is 37.8 Å². The number of likely N-dealkylation sites (tertiary alicyclic amines) is 1. The quantitative estimate of drug-likeness (QED) is 0.778. The van der Waals surface area contributed by atoms with Crippen LogP contribution in [0.5, 0.6) is 0 Å². The zero-order valence-electron chi connectivity index (χ0n) is 10.6. The van der Waals surface area contributed by atoms with Gasteiger partial charge in [-0.15, -0.1) is 0 Å². The van der Waals surface area contributed by atoms with Crippen LogP contribution >= 0.6 is 0 Å². The van der Waals surface area contributed by atoms with Crippen molar-refractivity contribution in [1.29, 1.82) is 0 Å². The number of piperidine rings is 1. The maximum Gasteiger partial charge on any atom is 0.317 e. The second-order valence-corrected chi connectivity index (χ2v) is 5.10. The highest BCUT2D eigenvalue weighted by molar-refractivity contribution is 5.76. The molecule has 18 heavy (non-hydrogen) atoms. The first-order valence-electron chi connectivity index (χ1n) is 6.41. The molecule has 2 aliphatic rings. The molecule has 0 spiro atoms. The molecule has 2 rings (SSSR count). The van der Waals surface area contributed by atoms with Gasteiger partial charge in [-0.05, 0) is 25.7 Å². The minimum atomic E-state index is -0.810. The van der Waals surface area contributed by atoms with E-state index in [9.17, 15) is 9.59 Å². The van der Waals surface area contributed by atoms with Crippen molar-refractivity contribution in [3.05, 3.63) is 0 Å². The molecule has 1 saturated carbocycles. The molecule has 1 heterocycles. The number of nitrogens with one attached hydrogen (secondary N) is 1. The third-order valence-electron chi connectivity index (χ3n) is 3.81. The van der Waals surface area contributed by atoms with Gasteiger partial charge in [0, 0.05) is 26.2 Å². The van der Waals surface area contributed by atoms with E-state index in [1.807, 2.05) is 0 Å². The highest BCUT2D eigenvalue weighted by atomic mass is 16.5. The summed E-state index contributed by atoms with van der Waals surface area (Å²) in [4.78, 5) is 24.5. The molecule has 1 atom stereocenters. The van der Waals surface area contributed by atoms with E-state index in [1.54, 1.807) is 12.0 Å². The number of hydrogen-bond donors (Lipinski definition) is 2. The standard InChI is InChI=1S/C12H20N2O4/c1-18-10-5-9(6-10)13-12(17)14-4-2-3-8(7-14)11(15)16/h8-10H,2-7H2,1H3,(H,13,17)(H,15,16)/t8-,9?,10?/m0/s1. The summed E-state index contributed by atoms with van der Waals surface area (Å²) in [5, 5.41) is 11.9. The Kier molecular flexibility index (Phi) is 4.06. The van der Waals surface area contributed by atoms with Crippen LogP contribution in [0.2, 0.25) is 0 Å². The van der Waals surface area contributed by atoms with E-state index in [-0.39, 0.29) is 18.2 Å². The first kappa shape index (κ1) is 13.1. The van der Waals surface area contributed by atoms with Crippen LogP contribution in [-0.4, -0.2) is 54.4 Å². The number of rotatable bonds is 3. The van der Waals surface area contributed by atoms with E-state index in [0.717, 1.165) is 19.3 Å². The summed E-state index contributed by atoms with van der Waals surface area (Å²) in [5.41, 5.74) is 0. The van der Waals surface area contributed by atoms with Crippen molar-refractivity contribution < 1.29 is 19.4 Å². The van der Waals surface area contributed by atoms with Gasteiger partial charge in [0.2, 0.25) is 0 Å². The maximum atomic E-state index is 11.9. The summed E-state index contributed by atoms with van der Waals surface area (Å²) in [6.45, 7) is 0.970. The molecule has 0 radical (unpaired) electrons. The summed E-state index contributed by atoms with van der Waals surface area (Å²) < 4.78 is 5.15. The molecule has 1 aliphatic carbocycles. The molecule has 0 aromatic rings. The average molecular weight is 256 g/mol. The summed E-state index contributed by atoms with van der Waals surface area (Å²) >= 11 is 0. The molecule has 1 saturated heterocycles. The average Bonchev–Trinajstić information content (AvgIpc) is 2.33. The Balaban J connectivity index is 1.77. The largest absolute Gasteiger partial charge is 0.481 e. The second-order valence-electron chi connectivity index (χ2n) is 5.10. The fraction of sp³-hybridized carbons (Fsp3) is 0.833. The van der Waals surface area contributed by atoms with Gasteiger partial charge < -0.3 is 20.1 Å². The number of carbonyl (C=O) groups is 2. The Hall–Kier alpha value is -1.30. The lowest BCUT2D eigenvalue weighted by Crippen LogP contribution is -2.54. The Morgan fingerprint density at radius 2 is 2.11 bits per heavy atom. The number of nitrogens with zero attached hydrogens (tertiary/aromatic N) is 1. The van der Waals surface area contributed by atoms with Crippen molar-refractivity contribution >= 4 is 12.0 Å². The zero-order valence-corrected chi connectivity index (χ0v) is 10.6. The molecular weight excluding hydrogens is 236 g/mol. The molecule has 0 unspecified atom stereocenters. The van der Waals surface area contributed by atoms with E-state index < -0.39 is 11.9 Å². The van der Waals surface area contributed by atoms with Gasteiger partial charge in [-0.2, -0.15) is 0 Å². The normalized spacial score (nSPS) is 31.6. The van der Waals surface area contributed by atoms with Crippen molar-refractivity contribution in [2.75, 3.05) is 20.2 Å². The summed E-state index contributed by atoms with van der Waals surface area (Å²) in [6, 6.07) is 0.0353.